The summed E-state index contributed by atoms with van der Waals surface area (Å²) in [5.41, 5.74) is 1.94. The van der Waals surface area contributed by atoms with Gasteiger partial charge in [-0.2, -0.15) is 5.10 Å². The van der Waals surface area contributed by atoms with E-state index in [-0.39, 0.29) is 0 Å². The van der Waals surface area contributed by atoms with Crippen LogP contribution in [0.3, 0.4) is 0 Å². The van der Waals surface area contributed by atoms with E-state index >= 15 is 0 Å². The Morgan fingerprint density at radius 3 is 3.24 bits per heavy atom. The van der Waals surface area contributed by atoms with Gasteiger partial charge in [-0.3, -0.25) is 0 Å². The molecule has 0 bridgehead atoms. The van der Waals surface area contributed by atoms with Crippen molar-refractivity contribution in [3.05, 3.63) is 48.3 Å². The minimum absolute atomic E-state index is 0.615. The average molecular weight is 228 g/mol. The first-order valence-corrected chi connectivity index (χ1v) is 5.40. The minimum Gasteiger partial charge on any atom is -0.467 e. The molecule has 0 fully saturated rings. The van der Waals surface area contributed by atoms with Crippen LogP contribution in [0.15, 0.2) is 41.3 Å². The minimum atomic E-state index is 0.615. The van der Waals surface area contributed by atoms with Gasteiger partial charge in [-0.15, -0.1) is 0 Å². The van der Waals surface area contributed by atoms with Gasteiger partial charge in [0.05, 0.1) is 18.5 Å². The van der Waals surface area contributed by atoms with Crippen LogP contribution in [0.4, 0.5) is 5.82 Å². The molecule has 0 spiro atoms. The molecule has 86 valence electrons. The monoisotopic (exact) mass is 228 g/mol. The molecule has 1 N–H and O–H groups in total. The maximum absolute atomic E-state index is 5.26. The molecule has 0 amide bonds. The number of rotatable bonds is 3. The lowest BCUT2D eigenvalue weighted by atomic mass is 10.4. The number of hydrogen-bond acceptors (Lipinski definition) is 4. The van der Waals surface area contributed by atoms with Gasteiger partial charge in [0, 0.05) is 12.4 Å². The van der Waals surface area contributed by atoms with Crippen molar-refractivity contribution in [1.29, 1.82) is 0 Å². The fourth-order valence-corrected chi connectivity index (χ4v) is 1.76. The number of nitrogens with zero attached hydrogens (tertiary/aromatic N) is 3. The van der Waals surface area contributed by atoms with Crippen LogP contribution in [0.25, 0.3) is 5.52 Å². The maximum atomic E-state index is 5.26. The molecule has 3 rings (SSSR count). The first kappa shape index (κ1) is 9.89. The van der Waals surface area contributed by atoms with E-state index < -0.39 is 0 Å². The van der Waals surface area contributed by atoms with Crippen LogP contribution in [0.2, 0.25) is 0 Å². The lowest BCUT2D eigenvalue weighted by Gasteiger charge is -2.04. The highest BCUT2D eigenvalue weighted by molar-refractivity contribution is 5.67. The first-order chi connectivity index (χ1) is 8.33. The third kappa shape index (κ3) is 1.87. The Morgan fingerprint density at radius 2 is 2.41 bits per heavy atom. The molecule has 3 aromatic heterocycles. The van der Waals surface area contributed by atoms with Gasteiger partial charge in [0.2, 0.25) is 0 Å². The Balaban J connectivity index is 1.89. The Bertz CT molecular complexity index is 627. The van der Waals surface area contributed by atoms with E-state index in [1.807, 2.05) is 35.8 Å². The molecule has 5 nitrogen and oxygen atoms in total. The van der Waals surface area contributed by atoms with Crippen LogP contribution < -0.4 is 5.32 Å². The van der Waals surface area contributed by atoms with Gasteiger partial charge < -0.3 is 9.73 Å². The summed E-state index contributed by atoms with van der Waals surface area (Å²) in [5.74, 6) is 1.69. The van der Waals surface area contributed by atoms with Gasteiger partial charge in [-0.1, -0.05) is 0 Å². The molecule has 0 aliphatic heterocycles. The van der Waals surface area contributed by atoms with E-state index in [0.29, 0.717) is 6.54 Å². The Kier molecular flexibility index (Phi) is 2.29. The summed E-state index contributed by atoms with van der Waals surface area (Å²) < 4.78 is 7.07. The lowest BCUT2D eigenvalue weighted by molar-refractivity contribution is 0.518. The molecule has 0 aromatic carbocycles. The third-order valence-electron chi connectivity index (χ3n) is 2.52. The topological polar surface area (TPSA) is 55.4 Å². The number of aromatic nitrogens is 3. The molecule has 0 unspecified atom stereocenters. The van der Waals surface area contributed by atoms with Crippen molar-refractivity contribution in [2.24, 2.45) is 0 Å². The van der Waals surface area contributed by atoms with Crippen molar-refractivity contribution in [3.63, 3.8) is 0 Å². The van der Waals surface area contributed by atoms with E-state index in [9.17, 15) is 0 Å². The van der Waals surface area contributed by atoms with E-state index in [4.69, 9.17) is 4.42 Å². The number of furan rings is 1. The number of anilines is 1. The average Bonchev–Trinajstić information content (AvgIpc) is 2.93. The van der Waals surface area contributed by atoms with Gasteiger partial charge in [0.25, 0.3) is 0 Å². The zero-order valence-electron chi connectivity index (χ0n) is 9.42. The van der Waals surface area contributed by atoms with Gasteiger partial charge in [-0.05, 0) is 25.1 Å². The van der Waals surface area contributed by atoms with E-state index in [0.717, 1.165) is 22.8 Å². The zero-order chi connectivity index (χ0) is 11.7. The molecule has 5 heteroatoms. The molecule has 3 aromatic rings. The van der Waals surface area contributed by atoms with Crippen LogP contribution >= 0.6 is 0 Å². The molecule has 0 aliphatic carbocycles. The second-order valence-electron chi connectivity index (χ2n) is 3.82. The summed E-state index contributed by atoms with van der Waals surface area (Å²) in [6.07, 6.45) is 5.22. The van der Waals surface area contributed by atoms with E-state index in [2.05, 4.69) is 15.4 Å². The van der Waals surface area contributed by atoms with Crippen molar-refractivity contribution in [2.75, 3.05) is 5.32 Å². The summed E-state index contributed by atoms with van der Waals surface area (Å²) in [6, 6.07) is 5.79. The first-order valence-electron chi connectivity index (χ1n) is 5.40. The van der Waals surface area contributed by atoms with Crippen molar-refractivity contribution in [1.82, 2.24) is 14.6 Å². The van der Waals surface area contributed by atoms with Gasteiger partial charge in [0.15, 0.2) is 5.82 Å². The third-order valence-corrected chi connectivity index (χ3v) is 2.52. The fraction of sp³-hybridized carbons (Fsp3) is 0.167. The predicted octanol–water partition coefficient (Wildman–Crippen LogP) is 2.24. The zero-order valence-corrected chi connectivity index (χ0v) is 9.42. The van der Waals surface area contributed by atoms with Gasteiger partial charge in [0.1, 0.15) is 11.3 Å². The maximum Gasteiger partial charge on any atom is 0.152 e. The second-order valence-corrected chi connectivity index (χ2v) is 3.82. The van der Waals surface area contributed by atoms with E-state index in [1.165, 1.54) is 0 Å². The molecule has 0 aliphatic rings. The fourth-order valence-electron chi connectivity index (χ4n) is 1.76. The summed E-state index contributed by atoms with van der Waals surface area (Å²) in [5, 5.41) is 7.57. The van der Waals surface area contributed by atoms with Crippen LogP contribution in [-0.2, 0) is 6.54 Å². The number of fused-ring (bicyclic) bond motifs is 1. The largest absolute Gasteiger partial charge is 0.467 e. The second kappa shape index (κ2) is 3.93. The van der Waals surface area contributed by atoms with Crippen LogP contribution in [-0.4, -0.2) is 14.6 Å². The smallest absolute Gasteiger partial charge is 0.152 e. The van der Waals surface area contributed by atoms with Crippen molar-refractivity contribution >= 4 is 11.3 Å². The molecular weight excluding hydrogens is 216 g/mol. The number of nitrogens with one attached hydrogen (secondary N) is 1. The molecular formula is C12H12N4O. The molecule has 0 saturated heterocycles. The van der Waals surface area contributed by atoms with Crippen LogP contribution in [0.1, 0.15) is 11.5 Å². The highest BCUT2D eigenvalue weighted by Gasteiger charge is 2.05. The SMILES string of the molecule is Cc1cc2c(NCc3ccco3)nccn2n1. The van der Waals surface area contributed by atoms with Crippen molar-refractivity contribution < 1.29 is 4.42 Å². The number of aryl methyl sites for hydroxylation is 1. The molecule has 17 heavy (non-hydrogen) atoms. The quantitative estimate of drug-likeness (QED) is 0.747. The summed E-state index contributed by atoms with van der Waals surface area (Å²) in [6.45, 7) is 2.58. The predicted molar refractivity (Wildman–Crippen MR) is 63.8 cm³/mol. The molecule has 0 radical (unpaired) electrons. The summed E-state index contributed by atoms with van der Waals surface area (Å²) >= 11 is 0. The standard InChI is InChI=1S/C12H12N4O/c1-9-7-11-12(13-4-5-16(11)15-9)14-8-10-3-2-6-17-10/h2-7H,8H2,1H3,(H,13,14). The highest BCUT2D eigenvalue weighted by Crippen LogP contribution is 2.15. The summed E-state index contributed by atoms with van der Waals surface area (Å²) in [7, 11) is 0. The van der Waals surface area contributed by atoms with Crippen LogP contribution in [0.5, 0.6) is 0 Å². The molecule has 0 saturated carbocycles. The van der Waals surface area contributed by atoms with Gasteiger partial charge in [-0.25, -0.2) is 9.50 Å². The van der Waals surface area contributed by atoms with Crippen LogP contribution in [0, 0.1) is 6.92 Å². The van der Waals surface area contributed by atoms with Crippen molar-refractivity contribution in [3.8, 4) is 0 Å². The van der Waals surface area contributed by atoms with Crippen molar-refractivity contribution in [2.45, 2.75) is 13.5 Å². The van der Waals surface area contributed by atoms with Gasteiger partial charge >= 0.3 is 0 Å². The molecule has 3 heterocycles. The highest BCUT2D eigenvalue weighted by atomic mass is 16.3. The molecule has 0 atom stereocenters. The number of hydrogen-bond donors (Lipinski definition) is 1. The Labute approximate surface area is 98.1 Å². The Hall–Kier alpha value is -2.30. The lowest BCUT2D eigenvalue weighted by Crippen LogP contribution is -2.02. The normalized spacial score (nSPS) is 10.9. The Morgan fingerprint density at radius 1 is 1.47 bits per heavy atom. The summed E-state index contributed by atoms with van der Waals surface area (Å²) in [4.78, 5) is 4.31. The van der Waals surface area contributed by atoms with E-state index in [1.54, 1.807) is 12.5 Å².